The molecule has 0 aliphatic carbocycles. The molecule has 1 N–H and O–H groups in total. The van der Waals surface area contributed by atoms with Gasteiger partial charge in [0.25, 0.3) is 10.0 Å². The molecule has 40 heavy (non-hydrogen) atoms. The van der Waals surface area contributed by atoms with Gasteiger partial charge in [-0.05, 0) is 74.7 Å². The second kappa shape index (κ2) is 14.1. The molecule has 0 aliphatic rings. The minimum absolute atomic E-state index is 0.0664. The summed E-state index contributed by atoms with van der Waals surface area (Å²) in [4.78, 5) is 28.9. The van der Waals surface area contributed by atoms with Gasteiger partial charge in [-0.25, -0.2) is 8.42 Å². The second-order valence-corrected chi connectivity index (χ2v) is 12.9. The van der Waals surface area contributed by atoms with Gasteiger partial charge >= 0.3 is 0 Å². The highest BCUT2D eigenvalue weighted by molar-refractivity contribution is 9.10. The molecule has 0 saturated carbocycles. The number of nitrogens with zero attached hydrogens (tertiary/aromatic N) is 2. The smallest absolute Gasteiger partial charge is 0.264 e. The Morgan fingerprint density at radius 1 is 0.975 bits per heavy atom. The Morgan fingerprint density at radius 3 is 2.20 bits per heavy atom. The monoisotopic (exact) mass is 647 g/mol. The Hall–Kier alpha value is -2.88. The maximum Gasteiger partial charge on any atom is 0.264 e. The third-order valence-electron chi connectivity index (χ3n) is 6.64. The maximum atomic E-state index is 14.1. The molecule has 10 heteroatoms. The van der Waals surface area contributed by atoms with E-state index < -0.39 is 28.5 Å². The van der Waals surface area contributed by atoms with E-state index >= 15 is 0 Å². The Bertz CT molecular complexity index is 1420. The zero-order valence-electron chi connectivity index (χ0n) is 23.1. The molecule has 0 bridgehead atoms. The number of carbonyl (C=O) groups excluding carboxylic acids is 2. The highest BCUT2D eigenvalue weighted by Gasteiger charge is 2.34. The molecule has 7 nitrogen and oxygen atoms in total. The lowest BCUT2D eigenvalue weighted by molar-refractivity contribution is -0.140. The van der Waals surface area contributed by atoms with Crippen molar-refractivity contribution in [1.29, 1.82) is 0 Å². The molecule has 0 spiro atoms. The molecule has 0 heterocycles. The van der Waals surface area contributed by atoms with Gasteiger partial charge in [0.05, 0.1) is 10.6 Å². The Labute approximate surface area is 250 Å². The summed E-state index contributed by atoms with van der Waals surface area (Å²) in [5.41, 5.74) is 2.01. The van der Waals surface area contributed by atoms with Crippen LogP contribution in [0.3, 0.4) is 0 Å². The number of amides is 2. The Morgan fingerprint density at radius 2 is 1.62 bits per heavy atom. The number of hydrogen-bond acceptors (Lipinski definition) is 4. The summed E-state index contributed by atoms with van der Waals surface area (Å²) < 4.78 is 29.6. The van der Waals surface area contributed by atoms with Gasteiger partial charge in [0.15, 0.2) is 0 Å². The summed E-state index contributed by atoms with van der Waals surface area (Å²) in [6.07, 6.45) is 1.09. The molecule has 0 aromatic heterocycles. The number of aryl methyl sites for hydroxylation is 1. The largest absolute Gasteiger partial charge is 0.352 e. The van der Waals surface area contributed by atoms with Crippen LogP contribution in [0.1, 0.15) is 44.7 Å². The van der Waals surface area contributed by atoms with Crippen molar-refractivity contribution in [2.75, 3.05) is 10.8 Å². The lowest BCUT2D eigenvalue weighted by Crippen LogP contribution is -2.53. The zero-order valence-corrected chi connectivity index (χ0v) is 26.3. The minimum atomic E-state index is -4.12. The van der Waals surface area contributed by atoms with Crippen LogP contribution in [0, 0.1) is 6.92 Å². The first kappa shape index (κ1) is 31.6. The lowest BCUT2D eigenvalue weighted by Gasteiger charge is -2.33. The highest BCUT2D eigenvalue weighted by atomic mass is 79.9. The van der Waals surface area contributed by atoms with Crippen LogP contribution in [0.15, 0.2) is 82.2 Å². The highest BCUT2D eigenvalue weighted by Crippen LogP contribution is 2.27. The number of anilines is 1. The number of hydrogen-bond donors (Lipinski definition) is 1. The number of nitrogens with one attached hydrogen (secondary N) is 1. The van der Waals surface area contributed by atoms with Crippen LogP contribution in [0.5, 0.6) is 0 Å². The summed E-state index contributed by atoms with van der Waals surface area (Å²) in [7, 11) is -4.12. The van der Waals surface area contributed by atoms with Crippen molar-refractivity contribution in [3.63, 3.8) is 0 Å². The van der Waals surface area contributed by atoms with Gasteiger partial charge in [0.2, 0.25) is 11.8 Å². The first-order valence-electron chi connectivity index (χ1n) is 13.2. The fourth-order valence-corrected chi connectivity index (χ4v) is 6.06. The van der Waals surface area contributed by atoms with E-state index in [1.165, 1.54) is 17.0 Å². The summed E-state index contributed by atoms with van der Waals surface area (Å²) in [5, 5.41) is 3.52. The Kier molecular flexibility index (Phi) is 11.2. The van der Waals surface area contributed by atoms with Gasteiger partial charge in [-0.15, -0.1) is 0 Å². The maximum absolute atomic E-state index is 14.1. The molecule has 3 aromatic carbocycles. The van der Waals surface area contributed by atoms with Gasteiger partial charge in [-0.2, -0.15) is 0 Å². The average Bonchev–Trinajstić information content (AvgIpc) is 2.92. The molecule has 3 rings (SSSR count). The Balaban J connectivity index is 2.05. The van der Waals surface area contributed by atoms with Crippen LogP contribution < -0.4 is 9.62 Å². The number of halogens is 2. The number of benzene rings is 3. The van der Waals surface area contributed by atoms with Crippen molar-refractivity contribution in [1.82, 2.24) is 10.2 Å². The van der Waals surface area contributed by atoms with Crippen LogP contribution >= 0.6 is 27.5 Å². The predicted octanol–water partition coefficient (Wildman–Crippen LogP) is 6.33. The topological polar surface area (TPSA) is 86.8 Å². The van der Waals surface area contributed by atoms with Crippen molar-refractivity contribution >= 4 is 55.1 Å². The second-order valence-electron chi connectivity index (χ2n) is 9.69. The van der Waals surface area contributed by atoms with Gasteiger partial charge in [0.1, 0.15) is 12.6 Å². The predicted molar refractivity (Wildman–Crippen MR) is 164 cm³/mol. The summed E-state index contributed by atoms with van der Waals surface area (Å²) >= 11 is 9.48. The van der Waals surface area contributed by atoms with E-state index in [9.17, 15) is 18.0 Å². The third-order valence-corrected chi connectivity index (χ3v) is 9.17. The fourth-order valence-electron chi connectivity index (χ4n) is 4.14. The molecule has 214 valence electrons. The molecular formula is C30H35BrClN3O4S. The number of rotatable bonds is 12. The van der Waals surface area contributed by atoms with Crippen LogP contribution in [-0.2, 0) is 26.2 Å². The van der Waals surface area contributed by atoms with Crippen LogP contribution in [-0.4, -0.2) is 43.8 Å². The molecule has 0 fully saturated rings. The van der Waals surface area contributed by atoms with Gasteiger partial charge in [-0.3, -0.25) is 13.9 Å². The van der Waals surface area contributed by atoms with Crippen molar-refractivity contribution in [3.05, 3.63) is 93.4 Å². The molecule has 2 amide bonds. The van der Waals surface area contributed by atoms with E-state index in [0.29, 0.717) is 21.6 Å². The molecule has 2 atom stereocenters. The van der Waals surface area contributed by atoms with E-state index in [0.717, 1.165) is 21.9 Å². The number of sulfonamides is 1. The summed E-state index contributed by atoms with van der Waals surface area (Å²) in [6.45, 7) is 7.19. The molecule has 0 unspecified atom stereocenters. The van der Waals surface area contributed by atoms with E-state index in [-0.39, 0.29) is 23.4 Å². The first-order valence-corrected chi connectivity index (χ1v) is 15.8. The molecule has 3 aromatic rings. The summed E-state index contributed by atoms with van der Waals surface area (Å²) in [5.74, 6) is -0.786. The SMILES string of the molecule is CC[C@@H](C)NC(=O)[C@H](CC)N(Cc1ccc(Cl)cc1)C(=O)CN(c1cccc(Br)c1)S(=O)(=O)c1ccc(C)cc1. The van der Waals surface area contributed by atoms with Crippen molar-refractivity contribution in [2.45, 2.75) is 64.1 Å². The first-order chi connectivity index (χ1) is 19.0. The summed E-state index contributed by atoms with van der Waals surface area (Å²) in [6, 6.07) is 19.4. The quantitative estimate of drug-likeness (QED) is 0.249. The van der Waals surface area contributed by atoms with Gasteiger partial charge in [0, 0.05) is 22.1 Å². The molecule has 0 radical (unpaired) electrons. The van der Waals surface area contributed by atoms with Gasteiger partial charge < -0.3 is 10.2 Å². The van der Waals surface area contributed by atoms with E-state index in [2.05, 4.69) is 21.2 Å². The van der Waals surface area contributed by atoms with Gasteiger partial charge in [-0.1, -0.05) is 77.3 Å². The van der Waals surface area contributed by atoms with Crippen molar-refractivity contribution < 1.29 is 18.0 Å². The fraction of sp³-hybridized carbons (Fsp3) is 0.333. The minimum Gasteiger partial charge on any atom is -0.352 e. The zero-order chi connectivity index (χ0) is 29.4. The average molecular weight is 649 g/mol. The van der Waals surface area contributed by atoms with E-state index in [1.54, 1.807) is 60.7 Å². The van der Waals surface area contributed by atoms with Crippen molar-refractivity contribution in [2.24, 2.45) is 0 Å². The van der Waals surface area contributed by atoms with Crippen LogP contribution in [0.4, 0.5) is 5.69 Å². The molecule has 0 aliphatic heterocycles. The molecule has 0 saturated heterocycles. The van der Waals surface area contributed by atoms with Crippen molar-refractivity contribution in [3.8, 4) is 0 Å². The lowest BCUT2D eigenvalue weighted by atomic mass is 10.1. The standard InChI is InChI=1S/C30H35BrClN3O4S/c1-5-22(4)33-30(37)28(6-2)34(19-23-12-14-25(32)15-13-23)29(36)20-35(26-9-7-8-24(31)18-26)40(38,39)27-16-10-21(3)11-17-27/h7-18,22,28H,5-6,19-20H2,1-4H3,(H,33,37)/t22-,28+/m1/s1. The van der Waals surface area contributed by atoms with E-state index in [1.807, 2.05) is 27.7 Å². The normalized spacial score (nSPS) is 12.8. The van der Waals surface area contributed by atoms with E-state index in [4.69, 9.17) is 11.6 Å². The van der Waals surface area contributed by atoms with Crippen LogP contribution in [0.2, 0.25) is 5.02 Å². The number of carbonyl (C=O) groups is 2. The third kappa shape index (κ3) is 8.08. The molecular weight excluding hydrogens is 614 g/mol. The van der Waals surface area contributed by atoms with Crippen LogP contribution in [0.25, 0.3) is 0 Å².